The second-order valence-corrected chi connectivity index (χ2v) is 9.39. The number of methoxy groups -OCH3 is 1. The summed E-state index contributed by atoms with van der Waals surface area (Å²) in [6.45, 7) is 3.43. The van der Waals surface area contributed by atoms with Crippen LogP contribution in [-0.2, 0) is 16.1 Å². The van der Waals surface area contributed by atoms with Crippen molar-refractivity contribution in [1.29, 1.82) is 5.26 Å². The minimum Gasteiger partial charge on any atom is -0.496 e. The number of amides is 2. The van der Waals surface area contributed by atoms with Crippen LogP contribution < -0.4 is 4.74 Å². The van der Waals surface area contributed by atoms with Gasteiger partial charge >= 0.3 is 0 Å². The SMILES string of the molecule is COc1ccc(-c2nn(-c3ccccc3)cc2/C=C2/C(=O)N(Cc3ccc(F)cc3)C(=O)C(C#N)=C2C)cc1C. The van der Waals surface area contributed by atoms with Gasteiger partial charge in [0.1, 0.15) is 23.2 Å². The van der Waals surface area contributed by atoms with Gasteiger partial charge in [-0.05, 0) is 79.1 Å². The molecule has 0 saturated carbocycles. The molecule has 0 radical (unpaired) electrons. The van der Waals surface area contributed by atoms with Gasteiger partial charge in [0.05, 0.1) is 25.0 Å². The molecule has 8 heteroatoms. The zero-order valence-electron chi connectivity index (χ0n) is 22.2. The van der Waals surface area contributed by atoms with Crippen molar-refractivity contribution >= 4 is 17.9 Å². The molecule has 0 atom stereocenters. The molecule has 5 rings (SSSR count). The Balaban J connectivity index is 1.65. The molecule has 40 heavy (non-hydrogen) atoms. The molecule has 0 spiro atoms. The molecule has 0 saturated heterocycles. The van der Waals surface area contributed by atoms with Gasteiger partial charge in [-0.1, -0.05) is 30.3 Å². The largest absolute Gasteiger partial charge is 0.496 e. The van der Waals surface area contributed by atoms with Crippen molar-refractivity contribution < 1.29 is 18.7 Å². The van der Waals surface area contributed by atoms with Gasteiger partial charge in [0.15, 0.2) is 0 Å². The third kappa shape index (κ3) is 4.93. The highest BCUT2D eigenvalue weighted by Crippen LogP contribution is 2.33. The Hall–Kier alpha value is -5.29. The van der Waals surface area contributed by atoms with Crippen molar-refractivity contribution in [2.45, 2.75) is 20.4 Å². The molecular weight excluding hydrogens is 507 g/mol. The molecule has 7 nitrogen and oxygen atoms in total. The van der Waals surface area contributed by atoms with Gasteiger partial charge < -0.3 is 4.74 Å². The zero-order chi connectivity index (χ0) is 28.4. The van der Waals surface area contributed by atoms with Crippen LogP contribution in [0.25, 0.3) is 23.0 Å². The zero-order valence-corrected chi connectivity index (χ0v) is 22.2. The Labute approximate surface area is 231 Å². The van der Waals surface area contributed by atoms with Crippen molar-refractivity contribution in [1.82, 2.24) is 14.7 Å². The fraction of sp³-hybridized carbons (Fsp3) is 0.125. The number of nitriles is 1. The summed E-state index contributed by atoms with van der Waals surface area (Å²) >= 11 is 0. The number of nitrogens with zero attached hydrogens (tertiary/aromatic N) is 4. The second kappa shape index (κ2) is 10.8. The summed E-state index contributed by atoms with van der Waals surface area (Å²) in [7, 11) is 1.61. The van der Waals surface area contributed by atoms with Crippen molar-refractivity contribution in [2.24, 2.45) is 0 Å². The number of imide groups is 1. The fourth-order valence-electron chi connectivity index (χ4n) is 4.66. The Morgan fingerprint density at radius 2 is 1.73 bits per heavy atom. The molecule has 1 aliphatic heterocycles. The lowest BCUT2D eigenvalue weighted by atomic mass is 9.93. The summed E-state index contributed by atoms with van der Waals surface area (Å²) in [5.74, 6) is -0.917. The van der Waals surface area contributed by atoms with Crippen LogP contribution in [0.3, 0.4) is 0 Å². The number of hydrogen-bond donors (Lipinski definition) is 0. The second-order valence-electron chi connectivity index (χ2n) is 9.39. The van der Waals surface area contributed by atoms with Crippen molar-refractivity contribution in [2.75, 3.05) is 7.11 Å². The van der Waals surface area contributed by atoms with E-state index in [2.05, 4.69) is 0 Å². The van der Waals surface area contributed by atoms with Crippen LogP contribution in [0.2, 0.25) is 0 Å². The van der Waals surface area contributed by atoms with Gasteiger partial charge in [0.2, 0.25) is 0 Å². The molecule has 2 amide bonds. The van der Waals surface area contributed by atoms with Gasteiger partial charge in [0, 0.05) is 22.9 Å². The number of benzene rings is 3. The summed E-state index contributed by atoms with van der Waals surface area (Å²) in [6, 6.07) is 22.8. The molecule has 3 aromatic carbocycles. The van der Waals surface area contributed by atoms with E-state index in [0.717, 1.165) is 27.5 Å². The molecule has 2 heterocycles. The van der Waals surface area contributed by atoms with Gasteiger partial charge in [-0.25, -0.2) is 9.07 Å². The van der Waals surface area contributed by atoms with E-state index in [0.29, 0.717) is 16.8 Å². The highest BCUT2D eigenvalue weighted by molar-refractivity contribution is 6.19. The van der Waals surface area contributed by atoms with Crippen LogP contribution >= 0.6 is 0 Å². The Morgan fingerprint density at radius 3 is 2.38 bits per heavy atom. The van der Waals surface area contributed by atoms with E-state index in [4.69, 9.17) is 9.84 Å². The van der Waals surface area contributed by atoms with Crippen LogP contribution in [0.4, 0.5) is 4.39 Å². The van der Waals surface area contributed by atoms with Gasteiger partial charge in [-0.15, -0.1) is 0 Å². The summed E-state index contributed by atoms with van der Waals surface area (Å²) in [6.07, 6.45) is 3.48. The maximum atomic E-state index is 13.7. The lowest BCUT2D eigenvalue weighted by Crippen LogP contribution is -2.42. The van der Waals surface area contributed by atoms with Crippen LogP contribution in [0.5, 0.6) is 5.75 Å². The summed E-state index contributed by atoms with van der Waals surface area (Å²) in [5.41, 5.74) is 4.73. The maximum absolute atomic E-state index is 13.7. The number of halogens is 1. The summed E-state index contributed by atoms with van der Waals surface area (Å²) < 4.78 is 20.6. The third-order valence-corrected chi connectivity index (χ3v) is 6.81. The Morgan fingerprint density at radius 1 is 1.00 bits per heavy atom. The molecular formula is C32H25FN4O3. The van der Waals surface area contributed by atoms with Crippen LogP contribution in [-0.4, -0.2) is 33.6 Å². The average molecular weight is 533 g/mol. The Kier molecular flexibility index (Phi) is 7.13. The van der Waals surface area contributed by atoms with E-state index in [1.165, 1.54) is 24.3 Å². The van der Waals surface area contributed by atoms with Crippen LogP contribution in [0.1, 0.15) is 23.6 Å². The predicted molar refractivity (Wildman–Crippen MR) is 149 cm³/mol. The molecule has 198 valence electrons. The standard InChI is InChI=1S/C32H25FN4O3/c1-20-15-23(11-14-29(20)40-3)30-24(19-37(35-30)26-7-5-4-6-8-26)16-27-21(2)28(17-34)32(39)36(31(27)38)18-22-9-12-25(33)13-10-22/h4-16,19H,18H2,1-3H3/b27-16+. The molecule has 4 aromatic rings. The van der Waals surface area contributed by atoms with Crippen molar-refractivity contribution in [3.8, 4) is 28.8 Å². The van der Waals surface area contributed by atoms with Crippen LogP contribution in [0, 0.1) is 24.1 Å². The minimum absolute atomic E-state index is 0.0957. The lowest BCUT2D eigenvalue weighted by molar-refractivity contribution is -0.141. The smallest absolute Gasteiger partial charge is 0.271 e. The molecule has 1 aliphatic rings. The molecule has 0 unspecified atom stereocenters. The minimum atomic E-state index is -0.683. The first-order valence-corrected chi connectivity index (χ1v) is 12.5. The van der Waals surface area contributed by atoms with Crippen molar-refractivity contribution in [3.63, 3.8) is 0 Å². The van der Waals surface area contributed by atoms with Gasteiger partial charge in [-0.2, -0.15) is 10.4 Å². The van der Waals surface area contributed by atoms with Gasteiger partial charge in [0.25, 0.3) is 11.8 Å². The van der Waals surface area contributed by atoms with Crippen LogP contribution in [0.15, 0.2) is 95.7 Å². The number of aromatic nitrogens is 2. The number of aryl methyl sites for hydroxylation is 1. The first-order chi connectivity index (χ1) is 19.3. The van der Waals surface area contributed by atoms with E-state index in [1.54, 1.807) is 24.8 Å². The topological polar surface area (TPSA) is 88.2 Å². The number of carbonyl (C=O) groups is 2. The first-order valence-electron chi connectivity index (χ1n) is 12.5. The van der Waals surface area contributed by atoms with E-state index in [-0.39, 0.29) is 23.3 Å². The first kappa shape index (κ1) is 26.3. The number of carbonyl (C=O) groups excluding carboxylic acids is 2. The highest BCUT2D eigenvalue weighted by atomic mass is 19.1. The highest BCUT2D eigenvalue weighted by Gasteiger charge is 2.35. The normalized spacial score (nSPS) is 14.6. The number of rotatable bonds is 6. The van der Waals surface area contributed by atoms with Gasteiger partial charge in [-0.3, -0.25) is 14.5 Å². The van der Waals surface area contributed by atoms with E-state index < -0.39 is 17.6 Å². The lowest BCUT2D eigenvalue weighted by Gasteiger charge is -2.27. The number of hydrogen-bond acceptors (Lipinski definition) is 5. The summed E-state index contributed by atoms with van der Waals surface area (Å²) in [5, 5.41) is 14.7. The molecule has 0 bridgehead atoms. The Bertz CT molecular complexity index is 1730. The third-order valence-electron chi connectivity index (χ3n) is 6.81. The number of para-hydroxylation sites is 1. The monoisotopic (exact) mass is 532 g/mol. The quantitative estimate of drug-likeness (QED) is 0.232. The number of ether oxygens (including phenoxy) is 1. The maximum Gasteiger partial charge on any atom is 0.271 e. The molecule has 0 aliphatic carbocycles. The average Bonchev–Trinajstić information content (AvgIpc) is 3.39. The van der Waals surface area contributed by atoms with E-state index in [1.807, 2.05) is 67.7 Å². The molecule has 1 aromatic heterocycles. The van der Waals surface area contributed by atoms with E-state index in [9.17, 15) is 19.2 Å². The van der Waals surface area contributed by atoms with Crippen molar-refractivity contribution in [3.05, 3.63) is 118 Å². The molecule has 0 fully saturated rings. The molecule has 0 N–H and O–H groups in total. The predicted octanol–water partition coefficient (Wildman–Crippen LogP) is 5.79. The van der Waals surface area contributed by atoms with E-state index >= 15 is 0 Å². The summed E-state index contributed by atoms with van der Waals surface area (Å²) in [4.78, 5) is 27.9. The fourth-order valence-corrected chi connectivity index (χ4v) is 4.66.